The summed E-state index contributed by atoms with van der Waals surface area (Å²) in [6.07, 6.45) is 3.08. The van der Waals surface area contributed by atoms with Crippen LogP contribution in [0.25, 0.3) is 22.4 Å². The van der Waals surface area contributed by atoms with E-state index < -0.39 is 35.6 Å². The molecule has 0 saturated heterocycles. The molecule has 0 spiro atoms. The van der Waals surface area contributed by atoms with Gasteiger partial charge in [-0.2, -0.15) is 3.97 Å². The van der Waals surface area contributed by atoms with Gasteiger partial charge in [0.1, 0.15) is 18.0 Å². The Bertz CT molecular complexity index is 1430. The third-order valence-corrected chi connectivity index (χ3v) is 6.99. The normalized spacial score (nSPS) is 12.8. The van der Waals surface area contributed by atoms with Gasteiger partial charge in [0, 0.05) is 24.3 Å². The average molecular weight is 560 g/mol. The molecule has 4 rings (SSSR count). The van der Waals surface area contributed by atoms with E-state index in [1.165, 1.54) is 59.4 Å². The summed E-state index contributed by atoms with van der Waals surface area (Å²) < 4.78 is 44.2. The molecule has 2 atom stereocenters. The van der Waals surface area contributed by atoms with Crippen LogP contribution in [0.2, 0.25) is 0 Å². The molecule has 0 aliphatic rings. The lowest BCUT2D eigenvalue weighted by Gasteiger charge is -2.16. The molecule has 2 amide bonds. The number of carbonyl (C=O) groups is 2. The van der Waals surface area contributed by atoms with Gasteiger partial charge in [0.25, 0.3) is 18.2 Å². The number of pyridine rings is 1. The molecule has 0 radical (unpaired) electrons. The van der Waals surface area contributed by atoms with Crippen molar-refractivity contribution in [2.45, 2.75) is 12.5 Å². The van der Waals surface area contributed by atoms with Crippen LogP contribution in [0, 0.1) is 0 Å². The summed E-state index contributed by atoms with van der Waals surface area (Å²) in [5, 5.41) is 7.37. The highest BCUT2D eigenvalue weighted by Crippen LogP contribution is 2.30. The number of amides is 2. The van der Waals surface area contributed by atoms with E-state index in [0.717, 1.165) is 5.56 Å². The van der Waals surface area contributed by atoms with Gasteiger partial charge in [-0.3, -0.25) is 14.6 Å². The molecule has 1 unspecified atom stereocenters. The van der Waals surface area contributed by atoms with Gasteiger partial charge < -0.3 is 19.9 Å². The number of hydrogen-bond acceptors (Lipinski definition) is 7. The molecule has 9 nitrogen and oxygen atoms in total. The molecular weight excluding hydrogens is 536 g/mol. The second kappa shape index (κ2) is 12.3. The molecule has 1 aromatic carbocycles. The monoisotopic (exact) mass is 559 g/mol. The predicted octanol–water partition coefficient (Wildman–Crippen LogP) is 4.14. The largest absolute Gasteiger partial charge is 0.593 e. The second-order valence-corrected chi connectivity index (χ2v) is 10.2. The summed E-state index contributed by atoms with van der Waals surface area (Å²) in [5.74, 6) is -1.04. The zero-order chi connectivity index (χ0) is 27.2. The third-order valence-electron chi connectivity index (χ3n) is 5.41. The minimum atomic E-state index is -2.67. The van der Waals surface area contributed by atoms with Gasteiger partial charge in [-0.15, -0.1) is 11.3 Å². The van der Waals surface area contributed by atoms with Crippen LogP contribution in [0.5, 0.6) is 0 Å². The van der Waals surface area contributed by atoms with Crippen LogP contribution in [0.3, 0.4) is 0 Å². The molecule has 0 saturated carbocycles. The topological polar surface area (TPSA) is 121 Å². The highest BCUT2D eigenvalue weighted by atomic mass is 32.2. The smallest absolute Gasteiger partial charge is 0.280 e. The first-order chi connectivity index (χ1) is 18.2. The van der Waals surface area contributed by atoms with Crippen molar-refractivity contribution < 1.29 is 27.7 Å². The van der Waals surface area contributed by atoms with Gasteiger partial charge >= 0.3 is 0 Å². The second-order valence-electron chi connectivity index (χ2n) is 8.04. The van der Waals surface area contributed by atoms with Gasteiger partial charge in [-0.1, -0.05) is 18.2 Å². The maximum absolute atomic E-state index is 13.1. The van der Waals surface area contributed by atoms with Crippen molar-refractivity contribution in [1.29, 1.82) is 0 Å². The zero-order valence-corrected chi connectivity index (χ0v) is 21.9. The van der Waals surface area contributed by atoms with E-state index in [1.54, 1.807) is 23.6 Å². The van der Waals surface area contributed by atoms with Gasteiger partial charge in [-0.25, -0.2) is 13.8 Å². The molecule has 0 aliphatic heterocycles. The van der Waals surface area contributed by atoms with Crippen molar-refractivity contribution >= 4 is 39.6 Å². The fourth-order valence-electron chi connectivity index (χ4n) is 3.52. The molecule has 2 N–H and O–H groups in total. The minimum absolute atomic E-state index is 0.0786. The number of nitrogens with zero attached hydrogens (tertiary/aromatic N) is 3. The molecule has 0 aliphatic carbocycles. The van der Waals surface area contributed by atoms with Crippen molar-refractivity contribution in [2.75, 3.05) is 25.3 Å². The SMILES string of the molecule is COC[C@H](NC(=O)c1ccn([S+](C)[O-])c1)C(=O)Nc1nc(-c2cccc(-c3ccnc(C(F)F)c3)c2)cs1. The Kier molecular flexibility index (Phi) is 8.84. The molecule has 13 heteroatoms. The third kappa shape index (κ3) is 6.61. The van der Waals surface area contributed by atoms with Crippen LogP contribution in [0.1, 0.15) is 22.5 Å². The Morgan fingerprint density at radius 3 is 2.66 bits per heavy atom. The first-order valence-corrected chi connectivity index (χ1v) is 13.6. The summed E-state index contributed by atoms with van der Waals surface area (Å²) in [7, 11) is 1.41. The van der Waals surface area contributed by atoms with Crippen LogP contribution in [0.15, 0.2) is 66.4 Å². The van der Waals surface area contributed by atoms with Crippen molar-refractivity contribution in [3.05, 3.63) is 77.7 Å². The molecular formula is C25H23F2N5O4S2. The number of alkyl halides is 2. The van der Waals surface area contributed by atoms with E-state index in [-0.39, 0.29) is 17.9 Å². The molecule has 3 heterocycles. The number of benzene rings is 1. The summed E-state index contributed by atoms with van der Waals surface area (Å²) >= 11 is -0.117. The number of halogens is 2. The number of ether oxygens (including phenoxy) is 1. The molecule has 0 fully saturated rings. The number of nitrogens with one attached hydrogen (secondary N) is 2. The Morgan fingerprint density at radius 2 is 1.95 bits per heavy atom. The van der Waals surface area contributed by atoms with E-state index in [0.29, 0.717) is 22.0 Å². The quantitative estimate of drug-likeness (QED) is 0.282. The van der Waals surface area contributed by atoms with E-state index in [4.69, 9.17) is 4.74 Å². The molecule has 198 valence electrons. The van der Waals surface area contributed by atoms with Crippen LogP contribution in [0.4, 0.5) is 13.9 Å². The fourth-order valence-corrected chi connectivity index (χ4v) is 4.74. The van der Waals surface area contributed by atoms with E-state index in [2.05, 4.69) is 20.6 Å². The van der Waals surface area contributed by atoms with Crippen molar-refractivity contribution in [2.24, 2.45) is 0 Å². The molecule has 4 aromatic rings. The number of carbonyl (C=O) groups excluding carboxylic acids is 2. The maximum atomic E-state index is 13.1. The first kappa shape index (κ1) is 27.4. The Hall–Kier alpha value is -3.65. The van der Waals surface area contributed by atoms with Crippen LogP contribution >= 0.6 is 11.3 Å². The van der Waals surface area contributed by atoms with Gasteiger partial charge in [0.15, 0.2) is 5.13 Å². The number of rotatable bonds is 10. The summed E-state index contributed by atoms with van der Waals surface area (Å²) in [6.45, 7) is -0.0786. The standard InChI is InChI=1S/C25H23F2N5O4S2/c1-36-13-20(29-23(33)18-7-9-32(12-18)38(2)35)24(34)31-25-30-21(14-37-25)17-5-3-4-15(10-17)16-6-8-28-19(11-16)22(26)27/h3-12,14,20,22H,13H2,1-2H3,(H,29,33)(H,30,31,34)/t20-,38?/m0/s1. The Morgan fingerprint density at radius 1 is 1.18 bits per heavy atom. The molecule has 38 heavy (non-hydrogen) atoms. The number of thiazole rings is 1. The van der Waals surface area contributed by atoms with E-state index in [9.17, 15) is 22.9 Å². The van der Waals surface area contributed by atoms with Crippen LogP contribution in [-0.2, 0) is 20.9 Å². The summed E-state index contributed by atoms with van der Waals surface area (Å²) in [6, 6.07) is 10.7. The molecule has 0 bridgehead atoms. The van der Waals surface area contributed by atoms with E-state index >= 15 is 0 Å². The van der Waals surface area contributed by atoms with Crippen LogP contribution in [-0.4, -0.2) is 56.3 Å². The number of methoxy groups -OCH3 is 1. The first-order valence-electron chi connectivity index (χ1n) is 11.2. The Balaban J connectivity index is 1.46. The van der Waals surface area contributed by atoms with Crippen molar-refractivity contribution in [3.8, 4) is 22.4 Å². The van der Waals surface area contributed by atoms with Crippen molar-refractivity contribution in [1.82, 2.24) is 19.3 Å². The van der Waals surface area contributed by atoms with Gasteiger partial charge in [-0.05, 0) is 35.4 Å². The van der Waals surface area contributed by atoms with Gasteiger partial charge in [0.05, 0.1) is 41.6 Å². The lowest BCUT2D eigenvalue weighted by molar-refractivity contribution is -0.119. The highest BCUT2D eigenvalue weighted by Gasteiger charge is 2.23. The average Bonchev–Trinajstić information content (AvgIpc) is 3.59. The summed E-state index contributed by atoms with van der Waals surface area (Å²) in [4.78, 5) is 33.7. The predicted molar refractivity (Wildman–Crippen MR) is 141 cm³/mol. The van der Waals surface area contributed by atoms with Crippen LogP contribution < -0.4 is 10.6 Å². The number of hydrogen-bond donors (Lipinski definition) is 2. The highest BCUT2D eigenvalue weighted by molar-refractivity contribution is 7.89. The summed E-state index contributed by atoms with van der Waals surface area (Å²) in [5.41, 5.74) is 2.57. The minimum Gasteiger partial charge on any atom is -0.593 e. The number of anilines is 1. The van der Waals surface area contributed by atoms with E-state index in [1.807, 2.05) is 12.1 Å². The maximum Gasteiger partial charge on any atom is 0.280 e. The fraction of sp³-hybridized carbons (Fsp3) is 0.200. The van der Waals surface area contributed by atoms with Crippen molar-refractivity contribution in [3.63, 3.8) is 0 Å². The lowest BCUT2D eigenvalue weighted by atomic mass is 10.0. The Labute approximate surface area is 224 Å². The zero-order valence-electron chi connectivity index (χ0n) is 20.3. The number of aromatic nitrogens is 3. The van der Waals surface area contributed by atoms with Gasteiger partial charge in [0.2, 0.25) is 0 Å². The lowest BCUT2D eigenvalue weighted by Crippen LogP contribution is -2.46. The molecule has 3 aromatic heterocycles.